The van der Waals surface area contributed by atoms with Crippen molar-refractivity contribution in [3.8, 4) is 0 Å². The Morgan fingerprint density at radius 2 is 1.79 bits per heavy atom. The highest BCUT2D eigenvalue weighted by molar-refractivity contribution is 6.00. The van der Waals surface area contributed by atoms with Crippen molar-refractivity contribution in [3.63, 3.8) is 0 Å². The molecule has 0 radical (unpaired) electrons. The smallest absolute Gasteiger partial charge is 0.410 e. The predicted molar refractivity (Wildman–Crippen MR) is 123 cm³/mol. The number of rotatable bonds is 3. The van der Waals surface area contributed by atoms with Crippen LogP contribution in [0.15, 0.2) is 16.9 Å². The highest BCUT2D eigenvalue weighted by Gasteiger charge is 2.32. The number of carbonyl (C=O) groups is 3. The second-order valence-corrected chi connectivity index (χ2v) is 9.89. The number of aryl methyl sites for hydroxylation is 1. The molecule has 34 heavy (non-hydrogen) atoms. The molecule has 11 heteroatoms. The van der Waals surface area contributed by atoms with Crippen molar-refractivity contribution < 1.29 is 23.5 Å². The van der Waals surface area contributed by atoms with Crippen LogP contribution >= 0.6 is 0 Å². The molecule has 4 rings (SSSR count). The fourth-order valence-electron chi connectivity index (χ4n) is 4.47. The van der Waals surface area contributed by atoms with Crippen molar-refractivity contribution in [2.45, 2.75) is 64.1 Å². The van der Waals surface area contributed by atoms with Gasteiger partial charge >= 0.3 is 11.8 Å². The van der Waals surface area contributed by atoms with Crippen LogP contribution < -0.4 is 16.3 Å². The Labute approximate surface area is 196 Å². The summed E-state index contributed by atoms with van der Waals surface area (Å²) in [6.07, 6.45) is 1.17. The Morgan fingerprint density at radius 1 is 1.12 bits per heavy atom. The Kier molecular flexibility index (Phi) is 6.13. The lowest BCUT2D eigenvalue weighted by atomic mass is 10.0. The van der Waals surface area contributed by atoms with Gasteiger partial charge in [-0.1, -0.05) is 0 Å². The van der Waals surface area contributed by atoms with Crippen LogP contribution in [0, 0.1) is 5.82 Å². The minimum Gasteiger partial charge on any atom is -0.444 e. The van der Waals surface area contributed by atoms with Gasteiger partial charge in [-0.25, -0.2) is 14.0 Å². The average molecular weight is 476 g/mol. The number of halogens is 1. The van der Waals surface area contributed by atoms with Crippen molar-refractivity contribution in [2.75, 3.05) is 18.4 Å². The lowest BCUT2D eigenvalue weighted by Gasteiger charge is -2.34. The molecular weight excluding hydrogens is 445 g/mol. The van der Waals surface area contributed by atoms with E-state index >= 15 is 4.39 Å². The molecule has 2 N–H and O–H groups in total. The first kappa shape index (κ1) is 23.8. The van der Waals surface area contributed by atoms with Crippen molar-refractivity contribution in [1.29, 1.82) is 0 Å². The van der Waals surface area contributed by atoms with E-state index < -0.39 is 29.1 Å². The minimum atomic E-state index is -0.871. The zero-order valence-corrected chi connectivity index (χ0v) is 19.8. The first-order valence-corrected chi connectivity index (χ1v) is 11.4. The van der Waals surface area contributed by atoms with Crippen molar-refractivity contribution in [2.24, 2.45) is 7.05 Å². The Morgan fingerprint density at radius 3 is 2.41 bits per heavy atom. The fourth-order valence-corrected chi connectivity index (χ4v) is 4.47. The minimum absolute atomic E-state index is 0.0557. The SMILES string of the molecule is Cn1c(=O)n(C2CCC(=O)NC2=O)c2cc(F)c(NC3CCN(C(=O)OC(C)(C)C)CC3)cc21. The molecular formula is C23H30FN5O5. The van der Waals surface area contributed by atoms with E-state index in [4.69, 9.17) is 4.74 Å². The molecule has 10 nitrogen and oxygen atoms in total. The molecule has 0 spiro atoms. The topological polar surface area (TPSA) is 115 Å². The number of benzene rings is 1. The summed E-state index contributed by atoms with van der Waals surface area (Å²) in [5, 5.41) is 5.44. The van der Waals surface area contributed by atoms with Gasteiger partial charge in [0, 0.05) is 38.7 Å². The van der Waals surface area contributed by atoms with Gasteiger partial charge in [0.2, 0.25) is 11.8 Å². The number of nitrogens with zero attached hydrogens (tertiary/aromatic N) is 3. The normalized spacial score (nSPS) is 19.9. The molecule has 2 saturated heterocycles. The summed E-state index contributed by atoms with van der Waals surface area (Å²) in [7, 11) is 1.56. The molecule has 3 amide bonds. The van der Waals surface area contributed by atoms with Crippen LogP contribution in [-0.4, -0.2) is 56.7 Å². The molecule has 1 unspecified atom stereocenters. The van der Waals surface area contributed by atoms with E-state index in [0.717, 1.165) is 0 Å². The predicted octanol–water partition coefficient (Wildman–Crippen LogP) is 2.27. The lowest BCUT2D eigenvalue weighted by Crippen LogP contribution is -2.44. The van der Waals surface area contributed by atoms with Crippen LogP contribution in [0.5, 0.6) is 0 Å². The Hall–Kier alpha value is -3.37. The van der Waals surface area contributed by atoms with Gasteiger partial charge in [-0.05, 0) is 46.1 Å². The summed E-state index contributed by atoms with van der Waals surface area (Å²) < 4.78 is 23.1. The van der Waals surface area contributed by atoms with Crippen molar-refractivity contribution >= 4 is 34.6 Å². The van der Waals surface area contributed by atoms with Gasteiger partial charge in [0.25, 0.3) is 0 Å². The number of imidazole rings is 1. The van der Waals surface area contributed by atoms with Crippen molar-refractivity contribution in [3.05, 3.63) is 28.4 Å². The van der Waals surface area contributed by atoms with Gasteiger partial charge in [0.05, 0.1) is 16.7 Å². The second-order valence-electron chi connectivity index (χ2n) is 9.89. The molecule has 1 aromatic heterocycles. The number of nitrogens with one attached hydrogen (secondary N) is 2. The summed E-state index contributed by atoms with van der Waals surface area (Å²) in [5.74, 6) is -1.50. The van der Waals surface area contributed by atoms with Crippen LogP contribution in [-0.2, 0) is 21.4 Å². The zero-order chi connectivity index (χ0) is 24.8. The largest absolute Gasteiger partial charge is 0.444 e. The fraction of sp³-hybridized carbons (Fsp3) is 0.565. The second kappa shape index (κ2) is 8.77. The number of amides is 3. The van der Waals surface area contributed by atoms with E-state index in [0.29, 0.717) is 37.0 Å². The van der Waals surface area contributed by atoms with Crippen LogP contribution in [0.2, 0.25) is 0 Å². The van der Waals surface area contributed by atoms with E-state index in [1.807, 2.05) is 20.8 Å². The number of hydrogen-bond donors (Lipinski definition) is 2. The van der Waals surface area contributed by atoms with E-state index in [1.54, 1.807) is 18.0 Å². The molecule has 0 saturated carbocycles. The van der Waals surface area contributed by atoms with Gasteiger partial charge in [0.15, 0.2) is 0 Å². The van der Waals surface area contributed by atoms with E-state index in [2.05, 4.69) is 10.6 Å². The molecule has 0 bridgehead atoms. The van der Waals surface area contributed by atoms with Gasteiger partial charge in [-0.2, -0.15) is 0 Å². The maximum Gasteiger partial charge on any atom is 0.410 e. The van der Waals surface area contributed by atoms with Crippen LogP contribution in [0.4, 0.5) is 14.9 Å². The number of imide groups is 1. The Balaban J connectivity index is 1.52. The molecule has 2 aliphatic heterocycles. The number of aromatic nitrogens is 2. The third kappa shape index (κ3) is 4.64. The lowest BCUT2D eigenvalue weighted by molar-refractivity contribution is -0.135. The molecule has 184 valence electrons. The monoisotopic (exact) mass is 475 g/mol. The quantitative estimate of drug-likeness (QED) is 0.659. The highest BCUT2D eigenvalue weighted by Crippen LogP contribution is 2.28. The van der Waals surface area contributed by atoms with Crippen molar-refractivity contribution in [1.82, 2.24) is 19.4 Å². The number of hydrogen-bond acceptors (Lipinski definition) is 6. The standard InChI is InChI=1S/C23H30FN5O5/c1-23(2,3)34-22(33)28-9-7-13(8-10-28)25-15-12-17-18(11-14(15)24)29(21(32)27(17)4)16-5-6-19(30)26-20(16)31/h11-13,16,25H,5-10H2,1-4H3,(H,26,30,31). The first-order valence-electron chi connectivity index (χ1n) is 11.4. The number of piperidine rings is 2. The van der Waals surface area contributed by atoms with Gasteiger partial charge < -0.3 is 15.0 Å². The summed E-state index contributed by atoms with van der Waals surface area (Å²) >= 11 is 0. The summed E-state index contributed by atoms with van der Waals surface area (Å²) in [4.78, 5) is 50.6. The molecule has 2 aliphatic rings. The van der Waals surface area contributed by atoms with Crippen LogP contribution in [0.25, 0.3) is 11.0 Å². The average Bonchev–Trinajstić information content (AvgIpc) is 2.98. The third-order valence-electron chi connectivity index (χ3n) is 6.21. The number of likely N-dealkylation sites (tertiary alicyclic amines) is 1. The van der Waals surface area contributed by atoms with E-state index in [9.17, 15) is 19.2 Å². The number of anilines is 1. The number of ether oxygens (including phenoxy) is 1. The van der Waals surface area contributed by atoms with Gasteiger partial charge in [0.1, 0.15) is 17.5 Å². The molecule has 1 aromatic carbocycles. The summed E-state index contributed by atoms with van der Waals surface area (Å²) in [6.45, 7) is 6.43. The molecule has 2 aromatic rings. The zero-order valence-electron chi connectivity index (χ0n) is 19.8. The maximum atomic E-state index is 15.1. The maximum absolute atomic E-state index is 15.1. The molecule has 3 heterocycles. The third-order valence-corrected chi connectivity index (χ3v) is 6.21. The summed E-state index contributed by atoms with van der Waals surface area (Å²) in [5.41, 5.74) is 0.00537. The molecule has 0 aliphatic carbocycles. The number of fused-ring (bicyclic) bond motifs is 1. The first-order chi connectivity index (χ1) is 15.9. The van der Waals surface area contributed by atoms with Gasteiger partial charge in [-0.15, -0.1) is 0 Å². The molecule has 2 fully saturated rings. The Bertz CT molecular complexity index is 1200. The van der Waals surface area contributed by atoms with Crippen LogP contribution in [0.1, 0.15) is 52.5 Å². The number of carbonyl (C=O) groups excluding carboxylic acids is 3. The van der Waals surface area contributed by atoms with Crippen LogP contribution in [0.3, 0.4) is 0 Å². The van der Waals surface area contributed by atoms with Gasteiger partial charge in [-0.3, -0.25) is 24.0 Å². The highest BCUT2D eigenvalue weighted by atomic mass is 19.1. The van der Waals surface area contributed by atoms with E-state index in [1.165, 1.54) is 15.2 Å². The summed E-state index contributed by atoms with van der Waals surface area (Å²) in [6, 6.07) is 1.89. The molecule has 1 atom stereocenters. The van der Waals surface area contributed by atoms with E-state index in [-0.39, 0.29) is 36.6 Å².